The Morgan fingerprint density at radius 3 is 0.759 bits per heavy atom. The average molecular weight is 838 g/mol. The minimum atomic E-state index is -2.74. The van der Waals surface area contributed by atoms with Gasteiger partial charge in [-0.15, -0.1) is 0 Å². The van der Waals surface area contributed by atoms with Gasteiger partial charge in [0.25, 0.3) is 0 Å². The maximum absolute atomic E-state index is 10.9. The third kappa shape index (κ3) is 17.0. The lowest BCUT2D eigenvalue weighted by molar-refractivity contribution is -0.259. The summed E-state index contributed by atoms with van der Waals surface area (Å²) in [6.07, 6.45) is 1.36. The quantitative estimate of drug-likeness (QED) is 0.130. The van der Waals surface area contributed by atoms with Crippen LogP contribution < -0.4 is 0 Å². The van der Waals surface area contributed by atoms with E-state index in [0.29, 0.717) is 38.5 Å². The Kier molecular flexibility index (Phi) is 19.0. The average Bonchev–Trinajstić information content (AvgIpc) is 2.95. The fourth-order valence-corrected chi connectivity index (χ4v) is 8.20. The number of carbonyl (C=O) groups excluding carboxylic acids is 3. The number of carboxylic acid groups (broad SMARTS) is 3. The van der Waals surface area contributed by atoms with Crippen molar-refractivity contribution in [3.8, 4) is 0 Å². The Morgan fingerprint density at radius 2 is 0.638 bits per heavy atom. The highest BCUT2D eigenvalue weighted by Gasteiger charge is 2.48. The Morgan fingerprint density at radius 1 is 0.466 bits per heavy atom. The number of ether oxygens (including phenoxy) is 3. The molecule has 0 spiro atoms. The molecule has 58 heavy (non-hydrogen) atoms. The van der Waals surface area contributed by atoms with Crippen LogP contribution in [0.2, 0.25) is 0 Å². The van der Waals surface area contributed by atoms with Crippen molar-refractivity contribution in [3.63, 3.8) is 0 Å². The minimum Gasteiger partial charge on any atom is -0.481 e. The smallest absolute Gasteiger partial charge is 0.336 e. The second-order valence-corrected chi connectivity index (χ2v) is 19.2. The van der Waals surface area contributed by atoms with Gasteiger partial charge in [-0.2, -0.15) is 15.2 Å². The molecule has 3 saturated heterocycles. The highest BCUT2D eigenvalue weighted by molar-refractivity contribution is 5.88. The number of hydrogen-bond acceptors (Lipinski definition) is 16. The van der Waals surface area contributed by atoms with Crippen molar-refractivity contribution in [2.45, 2.75) is 212 Å². The highest BCUT2D eigenvalue weighted by Crippen LogP contribution is 2.40. The largest absolute Gasteiger partial charge is 0.481 e. The molecule has 3 fully saturated rings. The van der Waals surface area contributed by atoms with Crippen molar-refractivity contribution in [2.24, 2.45) is 0 Å². The first-order chi connectivity index (χ1) is 25.7. The Hall–Kier alpha value is -3.46. The van der Waals surface area contributed by atoms with Crippen molar-refractivity contribution in [1.82, 2.24) is 15.2 Å². The van der Waals surface area contributed by atoms with Crippen LogP contribution in [-0.2, 0) is 43.0 Å². The van der Waals surface area contributed by atoms with Crippen molar-refractivity contribution >= 4 is 35.8 Å². The van der Waals surface area contributed by atoms with Crippen molar-refractivity contribution in [1.29, 1.82) is 0 Å². The molecule has 0 amide bonds. The van der Waals surface area contributed by atoms with Crippen LogP contribution in [0.5, 0.6) is 0 Å². The van der Waals surface area contributed by atoms with E-state index in [2.05, 4.69) is 0 Å². The van der Waals surface area contributed by atoms with Gasteiger partial charge >= 0.3 is 35.8 Å². The molecule has 0 aromatic carbocycles. The van der Waals surface area contributed by atoms with E-state index in [4.69, 9.17) is 34.6 Å². The van der Waals surface area contributed by atoms with E-state index in [9.17, 15) is 44.4 Å². The lowest BCUT2D eigenvalue weighted by Gasteiger charge is -2.50. The summed E-state index contributed by atoms with van der Waals surface area (Å²) >= 11 is 0. The van der Waals surface area contributed by atoms with Gasteiger partial charge in [0.1, 0.15) is 18.3 Å². The lowest BCUT2D eigenvalue weighted by Crippen LogP contribution is -2.60. The second kappa shape index (κ2) is 20.2. The predicted octanol–water partition coefficient (Wildman–Crippen LogP) is 4.63. The third-order valence-electron chi connectivity index (χ3n) is 10.1. The van der Waals surface area contributed by atoms with Crippen molar-refractivity contribution in [2.75, 3.05) is 0 Å². The zero-order chi connectivity index (χ0) is 46.2. The van der Waals surface area contributed by atoms with E-state index in [1.807, 2.05) is 83.1 Å². The molecule has 19 heteroatoms. The highest BCUT2D eigenvalue weighted by atomic mass is 16.6. The van der Waals surface area contributed by atoms with E-state index < -0.39 is 36.4 Å². The fraction of sp³-hybridized carbons (Fsp3) is 0.846. The third-order valence-corrected chi connectivity index (χ3v) is 10.1. The van der Waals surface area contributed by atoms with Crippen LogP contribution in [0.4, 0.5) is 0 Å². The van der Waals surface area contributed by atoms with Gasteiger partial charge in [-0.3, -0.25) is 24.0 Å². The summed E-state index contributed by atoms with van der Waals surface area (Å²) < 4.78 is 15.7. The van der Waals surface area contributed by atoms with Gasteiger partial charge in [0.15, 0.2) is 5.60 Å². The first-order valence-corrected chi connectivity index (χ1v) is 19.1. The number of aliphatic carboxylic acids is 3. The van der Waals surface area contributed by atoms with Crippen LogP contribution in [0, 0.1) is 0 Å². The first-order valence-electron chi connectivity index (χ1n) is 19.1. The maximum atomic E-state index is 10.9. The Bertz CT molecular complexity index is 1260. The van der Waals surface area contributed by atoms with Gasteiger partial charge in [0.05, 0.1) is 12.8 Å². The van der Waals surface area contributed by atoms with Gasteiger partial charge < -0.3 is 50.3 Å². The molecule has 0 unspecified atom stereocenters. The zero-order valence-electron chi connectivity index (χ0n) is 37.0. The minimum absolute atomic E-state index is 0.101. The molecule has 338 valence electrons. The molecule has 7 N–H and O–H groups in total. The summed E-state index contributed by atoms with van der Waals surface area (Å²) in [5, 5.41) is 68.0. The van der Waals surface area contributed by atoms with E-state index in [1.54, 1.807) is 0 Å². The predicted molar refractivity (Wildman–Crippen MR) is 207 cm³/mol. The molecule has 0 aromatic rings. The van der Waals surface area contributed by atoms with Crippen LogP contribution >= 0.6 is 0 Å². The Labute approximate surface area is 342 Å². The summed E-state index contributed by atoms with van der Waals surface area (Å²) in [6, 6.07) is 0. The molecule has 3 rings (SSSR count). The molecule has 3 aliphatic heterocycles. The number of rotatable bonds is 8. The number of carbonyl (C=O) groups is 6. The lowest BCUT2D eigenvalue weighted by atomic mass is 9.80. The van der Waals surface area contributed by atoms with E-state index in [1.165, 1.54) is 36.0 Å². The maximum Gasteiger partial charge on any atom is 0.336 e. The first kappa shape index (κ1) is 54.5. The van der Waals surface area contributed by atoms with Gasteiger partial charge in [-0.25, -0.2) is 4.79 Å². The molecule has 0 aliphatic carbocycles. The van der Waals surface area contributed by atoms with Crippen LogP contribution in [0.25, 0.3) is 0 Å². The molecule has 19 nitrogen and oxygen atoms in total. The van der Waals surface area contributed by atoms with E-state index in [-0.39, 0.29) is 69.5 Å². The number of hydroxylamine groups is 6. The zero-order valence-corrected chi connectivity index (χ0v) is 37.0. The number of esters is 3. The van der Waals surface area contributed by atoms with Gasteiger partial charge in [0.2, 0.25) is 0 Å². The van der Waals surface area contributed by atoms with Gasteiger partial charge in [-0.1, -0.05) is 0 Å². The topological polar surface area (TPSA) is 281 Å². The molecule has 0 radical (unpaired) electrons. The SMILES string of the molecule is CC(=O)OC1CC(C)(C)N(O)C(C)(C)C1.CC(=O)OC1CC(C)(C)N(O)C(C)(C)C1.CC(=O)OC1CC(C)(C)N(O)C(C)(C)C1.O=C(O)CC(O)(CC(=O)O)C(=O)O. The molecule has 0 bridgehead atoms. The van der Waals surface area contributed by atoms with Gasteiger partial charge in [-0.05, 0) is 83.1 Å². The number of piperidine rings is 3. The number of aliphatic hydroxyl groups is 1. The summed E-state index contributed by atoms with van der Waals surface area (Å²) in [4.78, 5) is 63.2. The molecule has 0 atom stereocenters. The summed E-state index contributed by atoms with van der Waals surface area (Å²) in [7, 11) is 0. The molecule has 0 aromatic heterocycles. The van der Waals surface area contributed by atoms with Crippen LogP contribution in [0.1, 0.15) is 155 Å². The Balaban J connectivity index is 0.000000749. The summed E-state index contributed by atoms with van der Waals surface area (Å²) in [5.74, 6) is -5.77. The molecule has 0 saturated carbocycles. The van der Waals surface area contributed by atoms with E-state index in [0.717, 1.165) is 0 Å². The van der Waals surface area contributed by atoms with Crippen LogP contribution in [0.3, 0.4) is 0 Å². The molecular formula is C39H71N3O16. The molecule has 3 heterocycles. The van der Waals surface area contributed by atoms with Crippen LogP contribution in [0.15, 0.2) is 0 Å². The fourth-order valence-electron chi connectivity index (χ4n) is 8.20. The molecule has 3 aliphatic rings. The standard InChI is InChI=1S/3C11H21NO3.C6H8O7/c3*1-8(13)15-9-6-10(2,3)12(14)11(4,5)7-9;7-3(8)1-6(13,5(11)12)2-4(9)10/h3*9,14H,6-7H2,1-5H3;13H,1-2H2,(H,7,8)(H,9,10)(H,11,12). The van der Waals surface area contributed by atoms with Crippen molar-refractivity contribution < 1.29 is 79.0 Å². The normalized spacial score (nSPS) is 22.8. The number of hydrogen-bond donors (Lipinski definition) is 7. The number of carboxylic acids is 3. The van der Waals surface area contributed by atoms with Gasteiger partial charge in [0, 0.05) is 92.5 Å². The summed E-state index contributed by atoms with van der Waals surface area (Å²) in [6.45, 7) is 27.7. The summed E-state index contributed by atoms with van der Waals surface area (Å²) in [5.41, 5.74) is -4.89. The molecular weight excluding hydrogens is 766 g/mol. The monoisotopic (exact) mass is 837 g/mol. The number of nitrogens with zero attached hydrogens (tertiary/aromatic N) is 3. The van der Waals surface area contributed by atoms with E-state index >= 15 is 0 Å². The van der Waals surface area contributed by atoms with Crippen LogP contribution in [-0.4, -0.2) is 144 Å². The van der Waals surface area contributed by atoms with Crippen molar-refractivity contribution in [3.05, 3.63) is 0 Å². The second-order valence-electron chi connectivity index (χ2n) is 19.2.